The van der Waals surface area contributed by atoms with Crippen LogP contribution in [0.3, 0.4) is 0 Å². The fraction of sp³-hybridized carbons (Fsp3) is 0.136. The number of anilines is 2. The van der Waals surface area contributed by atoms with Gasteiger partial charge < -0.3 is 10.1 Å². The predicted molar refractivity (Wildman–Crippen MR) is 114 cm³/mol. The second-order valence-electron chi connectivity index (χ2n) is 6.66. The number of alkyl halides is 3. The van der Waals surface area contributed by atoms with Crippen LogP contribution >= 0.6 is 0 Å². The highest BCUT2D eigenvalue weighted by atomic mass is 32.2. The number of carbonyl (C=O) groups is 1. The van der Waals surface area contributed by atoms with Gasteiger partial charge in [-0.05, 0) is 48.5 Å². The second kappa shape index (κ2) is 9.31. The van der Waals surface area contributed by atoms with E-state index in [4.69, 9.17) is 4.74 Å². The molecular formula is C22H19F3N2O4S. The van der Waals surface area contributed by atoms with E-state index in [-0.39, 0.29) is 16.3 Å². The van der Waals surface area contributed by atoms with Gasteiger partial charge in [-0.15, -0.1) is 0 Å². The number of hydrogen-bond acceptors (Lipinski definition) is 4. The summed E-state index contributed by atoms with van der Waals surface area (Å²) in [5.41, 5.74) is -0.957. The maximum Gasteiger partial charge on any atom is 0.418 e. The summed E-state index contributed by atoms with van der Waals surface area (Å²) in [5.74, 6) is -0.520. The molecule has 0 radical (unpaired) electrons. The first-order chi connectivity index (χ1) is 15.1. The highest BCUT2D eigenvalue weighted by molar-refractivity contribution is 7.92. The first-order valence-corrected chi connectivity index (χ1v) is 10.8. The number of hydrogen-bond donors (Lipinski definition) is 1. The van der Waals surface area contributed by atoms with Crippen LogP contribution in [-0.4, -0.2) is 28.0 Å². The maximum atomic E-state index is 13.0. The average molecular weight is 464 g/mol. The quantitative estimate of drug-likeness (QED) is 0.557. The number of ether oxygens (including phenoxy) is 1. The molecule has 1 amide bonds. The van der Waals surface area contributed by atoms with Crippen LogP contribution in [0.15, 0.2) is 83.8 Å². The van der Waals surface area contributed by atoms with Crippen LogP contribution in [0, 0.1) is 0 Å². The number of rotatable bonds is 7. The number of sulfonamides is 1. The molecule has 0 heterocycles. The van der Waals surface area contributed by atoms with Crippen molar-refractivity contribution in [3.63, 3.8) is 0 Å². The van der Waals surface area contributed by atoms with Gasteiger partial charge in [-0.2, -0.15) is 13.2 Å². The van der Waals surface area contributed by atoms with E-state index in [9.17, 15) is 26.4 Å². The number of amides is 1. The zero-order chi connectivity index (χ0) is 23.4. The Kier molecular flexibility index (Phi) is 6.73. The van der Waals surface area contributed by atoms with E-state index >= 15 is 0 Å². The third-order valence-electron chi connectivity index (χ3n) is 4.48. The van der Waals surface area contributed by atoms with E-state index in [1.165, 1.54) is 55.6 Å². The maximum absolute atomic E-state index is 13.0. The smallest absolute Gasteiger partial charge is 0.418 e. The zero-order valence-electron chi connectivity index (χ0n) is 16.8. The molecular weight excluding hydrogens is 445 g/mol. The van der Waals surface area contributed by atoms with Gasteiger partial charge in [0.15, 0.2) is 6.61 Å². The minimum atomic E-state index is -4.60. The summed E-state index contributed by atoms with van der Waals surface area (Å²) < 4.78 is 70.8. The molecule has 0 saturated heterocycles. The summed E-state index contributed by atoms with van der Waals surface area (Å²) in [6.45, 7) is -0.524. The summed E-state index contributed by atoms with van der Waals surface area (Å²) in [5, 5.41) is 2.18. The number of para-hydroxylation sites is 1. The van der Waals surface area contributed by atoms with Gasteiger partial charge in [0.2, 0.25) is 0 Å². The van der Waals surface area contributed by atoms with Crippen LogP contribution in [0.1, 0.15) is 5.56 Å². The van der Waals surface area contributed by atoms with Crippen LogP contribution in [0.4, 0.5) is 24.5 Å². The van der Waals surface area contributed by atoms with Crippen molar-refractivity contribution < 1.29 is 31.1 Å². The summed E-state index contributed by atoms with van der Waals surface area (Å²) in [6, 6.07) is 18.5. The topological polar surface area (TPSA) is 75.7 Å². The van der Waals surface area contributed by atoms with Crippen molar-refractivity contribution >= 4 is 27.3 Å². The lowest BCUT2D eigenvalue weighted by atomic mass is 10.1. The predicted octanol–water partition coefficient (Wildman–Crippen LogP) is 4.55. The monoisotopic (exact) mass is 464 g/mol. The number of nitrogens with one attached hydrogen (secondary N) is 1. The van der Waals surface area contributed by atoms with Crippen molar-refractivity contribution in [2.75, 3.05) is 23.3 Å². The fourth-order valence-electron chi connectivity index (χ4n) is 2.82. The average Bonchev–Trinajstić information content (AvgIpc) is 2.78. The molecule has 0 fully saturated rings. The standard InChI is InChI=1S/C22H19F3N2O4S/c1-27(32(29,30)18-7-3-2-4-8-18)16-11-13-17(14-12-16)31-15-21(28)26-20-10-6-5-9-19(20)22(23,24)25/h2-14H,15H2,1H3,(H,26,28). The van der Waals surface area contributed by atoms with Gasteiger partial charge in [0.1, 0.15) is 5.75 Å². The lowest BCUT2D eigenvalue weighted by molar-refractivity contribution is -0.137. The Balaban J connectivity index is 1.63. The minimum absolute atomic E-state index is 0.138. The summed E-state index contributed by atoms with van der Waals surface area (Å²) in [4.78, 5) is 12.2. The number of carbonyl (C=O) groups excluding carboxylic acids is 1. The first kappa shape index (κ1) is 23.1. The van der Waals surface area contributed by atoms with Crippen molar-refractivity contribution in [3.8, 4) is 5.75 Å². The molecule has 10 heteroatoms. The van der Waals surface area contributed by atoms with Gasteiger partial charge in [0.05, 0.1) is 21.8 Å². The van der Waals surface area contributed by atoms with Crippen molar-refractivity contribution in [1.82, 2.24) is 0 Å². The first-order valence-electron chi connectivity index (χ1n) is 9.32. The van der Waals surface area contributed by atoms with Gasteiger partial charge in [-0.3, -0.25) is 9.10 Å². The summed E-state index contributed by atoms with van der Waals surface area (Å²) >= 11 is 0. The summed E-state index contributed by atoms with van der Waals surface area (Å²) in [7, 11) is -2.34. The molecule has 168 valence electrons. The van der Waals surface area contributed by atoms with Gasteiger partial charge >= 0.3 is 6.18 Å². The normalized spacial score (nSPS) is 11.6. The van der Waals surface area contributed by atoms with E-state index in [0.29, 0.717) is 5.69 Å². The van der Waals surface area contributed by atoms with Crippen molar-refractivity contribution in [2.45, 2.75) is 11.1 Å². The Labute approximate surface area is 183 Å². The number of halogens is 3. The van der Waals surface area contributed by atoms with Crippen LogP contribution in [0.2, 0.25) is 0 Å². The molecule has 3 rings (SSSR count). The SMILES string of the molecule is CN(c1ccc(OCC(=O)Nc2ccccc2C(F)(F)F)cc1)S(=O)(=O)c1ccccc1. The zero-order valence-corrected chi connectivity index (χ0v) is 17.7. The van der Waals surface area contributed by atoms with E-state index in [2.05, 4.69) is 5.32 Å². The molecule has 6 nitrogen and oxygen atoms in total. The Morgan fingerprint density at radius 2 is 1.53 bits per heavy atom. The van der Waals surface area contributed by atoms with Crippen molar-refractivity contribution in [2.24, 2.45) is 0 Å². The molecule has 32 heavy (non-hydrogen) atoms. The Bertz CT molecular complexity index is 1180. The minimum Gasteiger partial charge on any atom is -0.484 e. The number of nitrogens with zero attached hydrogens (tertiary/aromatic N) is 1. The van der Waals surface area contributed by atoms with E-state index in [1.54, 1.807) is 18.2 Å². The molecule has 1 N–H and O–H groups in total. The molecule has 0 aliphatic carbocycles. The number of benzene rings is 3. The molecule has 0 aliphatic heterocycles. The van der Waals surface area contributed by atoms with Gasteiger partial charge in [0, 0.05) is 7.05 Å². The lowest BCUT2D eigenvalue weighted by Gasteiger charge is -2.19. The van der Waals surface area contributed by atoms with Crippen LogP contribution in [0.5, 0.6) is 5.75 Å². The van der Waals surface area contributed by atoms with E-state index < -0.39 is 34.3 Å². The molecule has 3 aromatic rings. The molecule has 0 aromatic heterocycles. The molecule has 0 unspecified atom stereocenters. The molecule has 0 spiro atoms. The highest BCUT2D eigenvalue weighted by Gasteiger charge is 2.33. The molecule has 0 saturated carbocycles. The van der Waals surface area contributed by atoms with E-state index in [0.717, 1.165) is 16.4 Å². The van der Waals surface area contributed by atoms with Gasteiger partial charge in [0.25, 0.3) is 15.9 Å². The largest absolute Gasteiger partial charge is 0.484 e. The fourth-order valence-corrected chi connectivity index (χ4v) is 4.03. The van der Waals surface area contributed by atoms with Crippen LogP contribution < -0.4 is 14.4 Å². The molecule has 0 atom stereocenters. The third-order valence-corrected chi connectivity index (χ3v) is 6.28. The molecule has 0 aliphatic rings. The Morgan fingerprint density at radius 1 is 0.938 bits per heavy atom. The highest BCUT2D eigenvalue weighted by Crippen LogP contribution is 2.34. The Morgan fingerprint density at radius 3 is 2.16 bits per heavy atom. The molecule has 0 bridgehead atoms. The van der Waals surface area contributed by atoms with Gasteiger partial charge in [-0.1, -0.05) is 30.3 Å². The van der Waals surface area contributed by atoms with Crippen molar-refractivity contribution in [1.29, 1.82) is 0 Å². The summed E-state index contributed by atoms with van der Waals surface area (Å²) in [6.07, 6.45) is -4.60. The van der Waals surface area contributed by atoms with Crippen LogP contribution in [0.25, 0.3) is 0 Å². The van der Waals surface area contributed by atoms with E-state index in [1.807, 2.05) is 0 Å². The van der Waals surface area contributed by atoms with Crippen LogP contribution in [-0.2, 0) is 21.0 Å². The van der Waals surface area contributed by atoms with Crippen molar-refractivity contribution in [3.05, 3.63) is 84.4 Å². The Hall–Kier alpha value is -3.53. The van der Waals surface area contributed by atoms with Gasteiger partial charge in [-0.25, -0.2) is 8.42 Å². The third kappa shape index (κ3) is 5.38. The second-order valence-corrected chi connectivity index (χ2v) is 8.63. The lowest BCUT2D eigenvalue weighted by Crippen LogP contribution is -2.26. The molecule has 3 aromatic carbocycles.